The molecule has 0 spiro atoms. The number of carbonyl (C=O) groups is 1. The molecule has 0 bridgehead atoms. The highest BCUT2D eigenvalue weighted by Crippen LogP contribution is 2.08. The molecule has 0 aliphatic heterocycles. The molecule has 3 N–H and O–H groups in total. The number of amides is 1. The monoisotopic (exact) mass is 212 g/mol. The van der Waals surface area contributed by atoms with Crippen molar-refractivity contribution in [3.63, 3.8) is 0 Å². The second-order valence-electron chi connectivity index (χ2n) is 2.58. The third-order valence-corrected chi connectivity index (χ3v) is 1.99. The van der Waals surface area contributed by atoms with Gasteiger partial charge in [0.15, 0.2) is 0 Å². The number of halogens is 2. The standard InChI is InChI=1S/C7H14F2N2OS/c1-13-3-2-6(12)11-5-7(8,9)4-10/h2-5,10H2,1H3,(H,11,12). The summed E-state index contributed by atoms with van der Waals surface area (Å²) in [6.07, 6.45) is 2.11. The lowest BCUT2D eigenvalue weighted by molar-refractivity contribution is -0.122. The Hall–Kier alpha value is -0.360. The van der Waals surface area contributed by atoms with E-state index in [1.807, 2.05) is 6.26 Å². The number of hydrogen-bond donors (Lipinski definition) is 2. The molecule has 0 radical (unpaired) electrons. The van der Waals surface area contributed by atoms with Gasteiger partial charge < -0.3 is 11.1 Å². The maximum Gasteiger partial charge on any atom is 0.277 e. The van der Waals surface area contributed by atoms with Crippen LogP contribution in [-0.2, 0) is 4.79 Å². The molecule has 0 aliphatic carbocycles. The maximum atomic E-state index is 12.5. The molecule has 0 saturated heterocycles. The highest BCUT2D eigenvalue weighted by atomic mass is 32.2. The molecule has 3 nitrogen and oxygen atoms in total. The molecule has 0 aromatic rings. The fourth-order valence-electron chi connectivity index (χ4n) is 0.583. The topological polar surface area (TPSA) is 55.1 Å². The van der Waals surface area contributed by atoms with E-state index in [0.717, 1.165) is 0 Å². The van der Waals surface area contributed by atoms with Gasteiger partial charge in [-0.15, -0.1) is 0 Å². The molecular weight excluding hydrogens is 198 g/mol. The fourth-order valence-corrected chi connectivity index (χ4v) is 0.973. The van der Waals surface area contributed by atoms with Gasteiger partial charge in [0.1, 0.15) is 0 Å². The van der Waals surface area contributed by atoms with Crippen molar-refractivity contribution in [2.75, 3.05) is 25.1 Å². The van der Waals surface area contributed by atoms with Gasteiger partial charge in [-0.2, -0.15) is 11.8 Å². The van der Waals surface area contributed by atoms with Crippen molar-refractivity contribution in [2.45, 2.75) is 12.3 Å². The van der Waals surface area contributed by atoms with E-state index in [0.29, 0.717) is 5.75 Å². The van der Waals surface area contributed by atoms with E-state index in [4.69, 9.17) is 5.73 Å². The fraction of sp³-hybridized carbons (Fsp3) is 0.857. The van der Waals surface area contributed by atoms with Gasteiger partial charge in [0, 0.05) is 12.2 Å². The van der Waals surface area contributed by atoms with E-state index in [1.54, 1.807) is 0 Å². The number of alkyl halides is 2. The number of rotatable bonds is 6. The Morgan fingerprint density at radius 2 is 2.23 bits per heavy atom. The Balaban J connectivity index is 3.57. The summed E-state index contributed by atoms with van der Waals surface area (Å²) >= 11 is 1.50. The smallest absolute Gasteiger partial charge is 0.277 e. The lowest BCUT2D eigenvalue weighted by atomic mass is 10.3. The second-order valence-corrected chi connectivity index (χ2v) is 3.57. The molecule has 0 heterocycles. The largest absolute Gasteiger partial charge is 0.350 e. The number of thioether (sulfide) groups is 1. The second kappa shape index (κ2) is 6.15. The van der Waals surface area contributed by atoms with E-state index in [2.05, 4.69) is 5.32 Å². The number of carbonyl (C=O) groups excluding carboxylic acids is 1. The molecule has 0 aliphatic rings. The zero-order valence-corrected chi connectivity index (χ0v) is 8.29. The Labute approximate surface area is 80.4 Å². The highest BCUT2D eigenvalue weighted by Gasteiger charge is 2.26. The first-order valence-corrected chi connectivity index (χ1v) is 5.25. The highest BCUT2D eigenvalue weighted by molar-refractivity contribution is 7.98. The van der Waals surface area contributed by atoms with Crippen LogP contribution in [0.3, 0.4) is 0 Å². The predicted octanol–water partition coefficient (Wildman–Crippen LogP) is 0.450. The minimum Gasteiger partial charge on any atom is -0.350 e. The normalized spacial score (nSPS) is 11.4. The van der Waals surface area contributed by atoms with Crippen LogP contribution in [0.1, 0.15) is 6.42 Å². The van der Waals surface area contributed by atoms with Crippen LogP contribution in [0, 0.1) is 0 Å². The van der Waals surface area contributed by atoms with Crippen LogP contribution >= 0.6 is 11.8 Å². The van der Waals surface area contributed by atoms with Crippen LogP contribution in [0.2, 0.25) is 0 Å². The third-order valence-electron chi connectivity index (χ3n) is 1.38. The number of nitrogens with one attached hydrogen (secondary N) is 1. The lowest BCUT2D eigenvalue weighted by Crippen LogP contribution is -2.41. The van der Waals surface area contributed by atoms with Crippen LogP contribution < -0.4 is 11.1 Å². The molecule has 1 amide bonds. The van der Waals surface area contributed by atoms with Crippen molar-refractivity contribution in [2.24, 2.45) is 5.73 Å². The van der Waals surface area contributed by atoms with Crippen molar-refractivity contribution in [1.29, 1.82) is 0 Å². The predicted molar refractivity (Wildman–Crippen MR) is 50.0 cm³/mol. The van der Waals surface area contributed by atoms with Crippen LogP contribution in [0.15, 0.2) is 0 Å². The average Bonchev–Trinajstić information content (AvgIpc) is 2.11. The van der Waals surface area contributed by atoms with Crippen molar-refractivity contribution in [1.82, 2.24) is 5.32 Å². The van der Waals surface area contributed by atoms with E-state index in [1.165, 1.54) is 11.8 Å². The Morgan fingerprint density at radius 3 is 2.69 bits per heavy atom. The first kappa shape index (κ1) is 12.6. The zero-order valence-electron chi connectivity index (χ0n) is 7.48. The van der Waals surface area contributed by atoms with Gasteiger partial charge >= 0.3 is 0 Å². The van der Waals surface area contributed by atoms with Crippen molar-refractivity contribution >= 4 is 17.7 Å². The van der Waals surface area contributed by atoms with Crippen molar-refractivity contribution < 1.29 is 13.6 Å². The third kappa shape index (κ3) is 6.77. The minimum atomic E-state index is -2.99. The summed E-state index contributed by atoms with van der Waals surface area (Å²) in [7, 11) is 0. The van der Waals surface area contributed by atoms with Gasteiger partial charge in [0.25, 0.3) is 5.92 Å². The Morgan fingerprint density at radius 1 is 1.62 bits per heavy atom. The van der Waals surface area contributed by atoms with Crippen LogP contribution in [-0.4, -0.2) is 36.9 Å². The van der Waals surface area contributed by atoms with Gasteiger partial charge in [0.05, 0.1) is 13.1 Å². The SMILES string of the molecule is CSCCC(=O)NCC(F)(F)CN. The Bertz CT molecular complexity index is 167. The minimum absolute atomic E-state index is 0.266. The van der Waals surface area contributed by atoms with E-state index in [9.17, 15) is 13.6 Å². The average molecular weight is 212 g/mol. The molecule has 6 heteroatoms. The molecular formula is C7H14F2N2OS. The summed E-state index contributed by atoms with van der Waals surface area (Å²) in [6.45, 7) is -1.41. The summed E-state index contributed by atoms with van der Waals surface area (Å²) in [5.41, 5.74) is 4.79. The molecule has 78 valence electrons. The molecule has 0 rings (SSSR count). The molecule has 0 fully saturated rings. The lowest BCUT2D eigenvalue weighted by Gasteiger charge is -2.14. The number of nitrogens with two attached hydrogens (primary N) is 1. The quantitative estimate of drug-likeness (QED) is 0.672. The van der Waals surface area contributed by atoms with Crippen molar-refractivity contribution in [3.8, 4) is 0 Å². The summed E-state index contributed by atoms with van der Waals surface area (Å²) in [6, 6.07) is 0. The van der Waals surface area contributed by atoms with Crippen LogP contribution in [0.4, 0.5) is 8.78 Å². The van der Waals surface area contributed by atoms with Gasteiger partial charge in [-0.3, -0.25) is 4.79 Å². The van der Waals surface area contributed by atoms with Crippen LogP contribution in [0.5, 0.6) is 0 Å². The maximum absolute atomic E-state index is 12.5. The summed E-state index contributed by atoms with van der Waals surface area (Å²) in [5, 5.41) is 2.13. The van der Waals surface area contributed by atoms with Crippen molar-refractivity contribution in [3.05, 3.63) is 0 Å². The van der Waals surface area contributed by atoms with Crippen LogP contribution in [0.25, 0.3) is 0 Å². The van der Waals surface area contributed by atoms with Gasteiger partial charge in [-0.05, 0) is 6.26 Å². The molecule has 0 saturated carbocycles. The summed E-state index contributed by atoms with van der Waals surface area (Å²) in [4.78, 5) is 10.9. The molecule has 0 aromatic carbocycles. The van der Waals surface area contributed by atoms with Gasteiger partial charge in [0.2, 0.25) is 5.91 Å². The van der Waals surface area contributed by atoms with E-state index in [-0.39, 0.29) is 12.3 Å². The van der Waals surface area contributed by atoms with E-state index >= 15 is 0 Å². The summed E-state index contributed by atoms with van der Waals surface area (Å²) < 4.78 is 25.0. The zero-order chi connectivity index (χ0) is 10.3. The Kier molecular flexibility index (Phi) is 5.98. The first-order valence-electron chi connectivity index (χ1n) is 3.85. The molecule has 0 atom stereocenters. The summed E-state index contributed by atoms with van der Waals surface area (Å²) in [5.74, 6) is -2.71. The van der Waals surface area contributed by atoms with Gasteiger partial charge in [-0.25, -0.2) is 8.78 Å². The number of hydrogen-bond acceptors (Lipinski definition) is 3. The molecule has 0 aromatic heterocycles. The molecule has 13 heavy (non-hydrogen) atoms. The molecule has 0 unspecified atom stereocenters. The van der Waals surface area contributed by atoms with E-state index < -0.39 is 19.0 Å². The van der Waals surface area contributed by atoms with Gasteiger partial charge in [-0.1, -0.05) is 0 Å². The first-order chi connectivity index (χ1) is 6.02.